The Kier molecular flexibility index (Phi) is 7.95. The van der Waals surface area contributed by atoms with E-state index in [9.17, 15) is 9.59 Å². The van der Waals surface area contributed by atoms with Crippen LogP contribution in [-0.2, 0) is 13.1 Å². The number of hydrogen-bond acceptors (Lipinski definition) is 6. The molecule has 8 nitrogen and oxygen atoms in total. The van der Waals surface area contributed by atoms with Crippen molar-refractivity contribution in [2.75, 3.05) is 41.4 Å². The fraction of sp³-hybridized carbons (Fsp3) is 0.360. The summed E-state index contributed by atoms with van der Waals surface area (Å²) >= 11 is 0. The van der Waals surface area contributed by atoms with Gasteiger partial charge in [-0.25, -0.2) is 4.79 Å². The number of carbonyl (C=O) groups excluding carboxylic acids is 1. The van der Waals surface area contributed by atoms with Gasteiger partial charge in [0, 0.05) is 31.6 Å². The first kappa shape index (κ1) is 24.1. The average molecular weight is 454 g/mol. The van der Waals surface area contributed by atoms with Crippen molar-refractivity contribution in [1.29, 1.82) is 0 Å². The zero-order valence-electron chi connectivity index (χ0n) is 19.8. The number of aryl methyl sites for hydroxylation is 1. The van der Waals surface area contributed by atoms with Crippen LogP contribution in [0.3, 0.4) is 0 Å². The molecular formula is C25H31N3O5. The van der Waals surface area contributed by atoms with Gasteiger partial charge in [-0.1, -0.05) is 30.3 Å². The topological polar surface area (TPSA) is 73.2 Å². The van der Waals surface area contributed by atoms with Crippen LogP contribution < -0.4 is 19.8 Å². The summed E-state index contributed by atoms with van der Waals surface area (Å²) in [5.41, 5.74) is 0.810. The summed E-state index contributed by atoms with van der Waals surface area (Å²) in [6, 6.07) is 13.0. The van der Waals surface area contributed by atoms with Gasteiger partial charge >= 0.3 is 6.09 Å². The molecule has 0 spiro atoms. The maximum absolute atomic E-state index is 13.3. The lowest BCUT2D eigenvalue weighted by molar-refractivity contribution is 0.145. The summed E-state index contributed by atoms with van der Waals surface area (Å²) in [6.07, 6.45) is 1.08. The summed E-state index contributed by atoms with van der Waals surface area (Å²) in [4.78, 5) is 29.9. The molecule has 0 saturated carbocycles. The molecule has 3 aromatic rings. The molecule has 0 saturated heterocycles. The maximum atomic E-state index is 13.3. The Labute approximate surface area is 193 Å². The SMILES string of the molecule is CCn1cc(OC(=O)N(CCN(C)C)Cc2ccccc2)c2cc(OC)c(OC)cc2c1=O. The van der Waals surface area contributed by atoms with Crippen molar-refractivity contribution in [3.8, 4) is 17.2 Å². The third kappa shape index (κ3) is 5.64. The number of pyridine rings is 1. The molecule has 0 aliphatic carbocycles. The first-order valence-corrected chi connectivity index (χ1v) is 10.8. The highest BCUT2D eigenvalue weighted by atomic mass is 16.6. The van der Waals surface area contributed by atoms with Crippen LogP contribution in [0.5, 0.6) is 17.2 Å². The number of carbonyl (C=O) groups is 1. The number of aromatic nitrogens is 1. The summed E-state index contributed by atoms with van der Waals surface area (Å²) < 4.78 is 18.2. The van der Waals surface area contributed by atoms with Crippen LogP contribution in [0.2, 0.25) is 0 Å². The van der Waals surface area contributed by atoms with E-state index in [-0.39, 0.29) is 5.56 Å². The zero-order valence-corrected chi connectivity index (χ0v) is 19.8. The van der Waals surface area contributed by atoms with Crippen LogP contribution in [-0.4, -0.2) is 61.9 Å². The van der Waals surface area contributed by atoms with Gasteiger partial charge in [-0.05, 0) is 38.7 Å². The smallest absolute Gasteiger partial charge is 0.415 e. The van der Waals surface area contributed by atoms with Gasteiger partial charge in [0.1, 0.15) is 0 Å². The molecule has 0 N–H and O–H groups in total. The van der Waals surface area contributed by atoms with Crippen molar-refractivity contribution >= 4 is 16.9 Å². The van der Waals surface area contributed by atoms with E-state index in [1.54, 1.807) is 23.2 Å². The van der Waals surface area contributed by atoms with E-state index in [1.807, 2.05) is 56.3 Å². The van der Waals surface area contributed by atoms with E-state index in [2.05, 4.69) is 0 Å². The van der Waals surface area contributed by atoms with E-state index < -0.39 is 6.09 Å². The van der Waals surface area contributed by atoms with Gasteiger partial charge in [0.15, 0.2) is 17.2 Å². The third-order valence-corrected chi connectivity index (χ3v) is 5.38. The molecule has 33 heavy (non-hydrogen) atoms. The molecule has 2 aromatic carbocycles. The number of ether oxygens (including phenoxy) is 3. The molecule has 8 heteroatoms. The molecule has 3 rings (SSSR count). The summed E-state index contributed by atoms with van der Waals surface area (Å²) in [6.45, 7) is 3.88. The number of likely N-dealkylation sites (N-methyl/N-ethyl adjacent to an activating group) is 1. The van der Waals surface area contributed by atoms with Gasteiger partial charge in [-0.2, -0.15) is 0 Å². The minimum atomic E-state index is -0.488. The average Bonchev–Trinajstić information content (AvgIpc) is 2.82. The third-order valence-electron chi connectivity index (χ3n) is 5.38. The van der Waals surface area contributed by atoms with Crippen molar-refractivity contribution in [2.45, 2.75) is 20.0 Å². The Morgan fingerprint density at radius 2 is 1.58 bits per heavy atom. The number of rotatable bonds is 9. The van der Waals surface area contributed by atoms with Gasteiger partial charge < -0.3 is 28.6 Å². The second-order valence-electron chi connectivity index (χ2n) is 7.92. The minimum absolute atomic E-state index is 0.193. The Balaban J connectivity index is 2.01. The van der Waals surface area contributed by atoms with E-state index in [4.69, 9.17) is 14.2 Å². The van der Waals surface area contributed by atoms with Crippen LogP contribution in [0, 0.1) is 0 Å². The largest absolute Gasteiger partial charge is 0.493 e. The first-order chi connectivity index (χ1) is 15.9. The maximum Gasteiger partial charge on any atom is 0.415 e. The van der Waals surface area contributed by atoms with Crippen LogP contribution in [0.25, 0.3) is 10.8 Å². The highest BCUT2D eigenvalue weighted by Gasteiger charge is 2.21. The Morgan fingerprint density at radius 3 is 2.15 bits per heavy atom. The summed E-state index contributed by atoms with van der Waals surface area (Å²) in [7, 11) is 6.94. The molecule has 0 unspecified atom stereocenters. The van der Waals surface area contributed by atoms with Crippen LogP contribution in [0.1, 0.15) is 12.5 Å². The molecule has 1 aromatic heterocycles. The summed E-state index contributed by atoms with van der Waals surface area (Å²) in [5, 5.41) is 0.880. The number of hydrogen-bond donors (Lipinski definition) is 0. The van der Waals surface area contributed by atoms with Crippen molar-refractivity contribution < 1.29 is 19.0 Å². The number of amides is 1. The molecule has 176 valence electrons. The zero-order chi connectivity index (χ0) is 24.0. The van der Waals surface area contributed by atoms with Gasteiger partial charge in [-0.15, -0.1) is 0 Å². The number of methoxy groups -OCH3 is 2. The van der Waals surface area contributed by atoms with Gasteiger partial charge in [0.05, 0.1) is 25.8 Å². The lowest BCUT2D eigenvalue weighted by atomic mass is 10.1. The molecule has 0 bridgehead atoms. The first-order valence-electron chi connectivity index (χ1n) is 10.8. The quantitative estimate of drug-likeness (QED) is 0.493. The highest BCUT2D eigenvalue weighted by Crippen LogP contribution is 2.35. The Morgan fingerprint density at radius 1 is 0.939 bits per heavy atom. The molecule has 0 atom stereocenters. The van der Waals surface area contributed by atoms with Crippen molar-refractivity contribution in [1.82, 2.24) is 14.4 Å². The fourth-order valence-electron chi connectivity index (χ4n) is 3.52. The number of nitrogens with zero attached hydrogens (tertiary/aromatic N) is 3. The minimum Gasteiger partial charge on any atom is -0.493 e. The van der Waals surface area contributed by atoms with E-state index in [0.717, 1.165) is 5.56 Å². The van der Waals surface area contributed by atoms with Gasteiger partial charge in [0.25, 0.3) is 5.56 Å². The number of fused-ring (bicyclic) bond motifs is 1. The molecule has 1 amide bonds. The molecule has 0 aliphatic rings. The van der Waals surface area contributed by atoms with Crippen LogP contribution in [0.15, 0.2) is 53.5 Å². The normalized spacial score (nSPS) is 11.0. The van der Waals surface area contributed by atoms with E-state index in [1.165, 1.54) is 18.8 Å². The second-order valence-corrected chi connectivity index (χ2v) is 7.92. The molecule has 0 fully saturated rings. The van der Waals surface area contributed by atoms with E-state index >= 15 is 0 Å². The summed E-state index contributed by atoms with van der Waals surface area (Å²) in [5.74, 6) is 1.18. The van der Waals surface area contributed by atoms with Crippen molar-refractivity contribution in [3.63, 3.8) is 0 Å². The Bertz CT molecular complexity index is 1160. The Hall–Kier alpha value is -3.52. The molecule has 0 aliphatic heterocycles. The second kappa shape index (κ2) is 10.9. The van der Waals surface area contributed by atoms with Crippen LogP contribution >= 0.6 is 0 Å². The highest BCUT2D eigenvalue weighted by molar-refractivity contribution is 5.92. The fourth-order valence-corrected chi connectivity index (χ4v) is 3.52. The molecule has 1 heterocycles. The van der Waals surface area contributed by atoms with Crippen LogP contribution in [0.4, 0.5) is 4.79 Å². The predicted octanol–water partition coefficient (Wildman–Crippen LogP) is 3.60. The van der Waals surface area contributed by atoms with Gasteiger partial charge in [0.2, 0.25) is 0 Å². The van der Waals surface area contributed by atoms with Gasteiger partial charge in [-0.3, -0.25) is 4.79 Å². The standard InChI is InChI=1S/C25H31N3O5/c1-6-27-17-23(19-14-21(31-4)22(32-5)15-20(19)24(27)29)33-25(30)28(13-12-26(2)3)16-18-10-8-7-9-11-18/h7-11,14-15,17H,6,12-13,16H2,1-5H3. The van der Waals surface area contributed by atoms with Crippen molar-refractivity contribution in [3.05, 3.63) is 64.6 Å². The lowest BCUT2D eigenvalue weighted by Gasteiger charge is -2.24. The predicted molar refractivity (Wildman–Crippen MR) is 128 cm³/mol. The lowest BCUT2D eigenvalue weighted by Crippen LogP contribution is -2.38. The monoisotopic (exact) mass is 453 g/mol. The molecular weight excluding hydrogens is 422 g/mol. The van der Waals surface area contributed by atoms with E-state index in [0.29, 0.717) is 54.2 Å². The van der Waals surface area contributed by atoms with Crippen molar-refractivity contribution in [2.24, 2.45) is 0 Å². The number of benzene rings is 2. The molecule has 0 radical (unpaired) electrons.